The Bertz CT molecular complexity index is 499. The highest BCUT2D eigenvalue weighted by atomic mass is 35.5. The largest absolute Gasteiger partial charge is 0.467 e. The van der Waals surface area contributed by atoms with Crippen LogP contribution in [0.1, 0.15) is 17.4 Å². The number of nitrogens with zero attached hydrogens (tertiary/aromatic N) is 1. The number of nitrogens with two attached hydrogens (primary N) is 1. The number of furan rings is 1. The van der Waals surface area contributed by atoms with Gasteiger partial charge >= 0.3 is 0 Å². The van der Waals surface area contributed by atoms with Gasteiger partial charge in [-0.15, -0.1) is 12.4 Å². The first-order chi connectivity index (χ1) is 8.68. The van der Waals surface area contributed by atoms with Gasteiger partial charge in [0.2, 0.25) is 5.91 Å². The summed E-state index contributed by atoms with van der Waals surface area (Å²) < 4.78 is 5.21. The fourth-order valence-electron chi connectivity index (χ4n) is 1.75. The molecule has 0 aliphatic rings. The van der Waals surface area contributed by atoms with Crippen LogP contribution in [0.25, 0.3) is 0 Å². The molecule has 2 aromatic rings. The Kier molecular flexibility index (Phi) is 5.60. The lowest BCUT2D eigenvalue weighted by Crippen LogP contribution is -2.35. The maximum atomic E-state index is 12.1. The Morgan fingerprint density at radius 1 is 1.26 bits per heavy atom. The highest BCUT2D eigenvalue weighted by Crippen LogP contribution is 2.13. The van der Waals surface area contributed by atoms with Crippen molar-refractivity contribution in [3.8, 4) is 0 Å². The summed E-state index contributed by atoms with van der Waals surface area (Å²) in [7, 11) is 1.72. The van der Waals surface area contributed by atoms with Crippen molar-refractivity contribution in [2.45, 2.75) is 12.6 Å². The van der Waals surface area contributed by atoms with Crippen LogP contribution in [0.2, 0.25) is 0 Å². The lowest BCUT2D eigenvalue weighted by molar-refractivity contribution is -0.132. The fraction of sp³-hybridized carbons (Fsp3) is 0.214. The molecule has 0 bridgehead atoms. The van der Waals surface area contributed by atoms with Gasteiger partial charge in [-0.25, -0.2) is 0 Å². The summed E-state index contributed by atoms with van der Waals surface area (Å²) in [4.78, 5) is 13.7. The molecule has 0 spiro atoms. The Morgan fingerprint density at radius 2 is 1.95 bits per heavy atom. The Hall–Kier alpha value is -1.78. The average molecular weight is 281 g/mol. The van der Waals surface area contributed by atoms with Crippen LogP contribution in [0, 0.1) is 0 Å². The molecule has 1 amide bonds. The van der Waals surface area contributed by atoms with Crippen LogP contribution in [0.4, 0.5) is 0 Å². The maximum Gasteiger partial charge on any atom is 0.244 e. The van der Waals surface area contributed by atoms with Crippen LogP contribution >= 0.6 is 12.4 Å². The molecule has 102 valence electrons. The third kappa shape index (κ3) is 3.84. The maximum absolute atomic E-state index is 12.1. The summed E-state index contributed by atoms with van der Waals surface area (Å²) >= 11 is 0. The molecule has 0 aliphatic heterocycles. The van der Waals surface area contributed by atoms with Gasteiger partial charge in [0.05, 0.1) is 12.8 Å². The zero-order valence-corrected chi connectivity index (χ0v) is 11.5. The molecule has 1 heterocycles. The second kappa shape index (κ2) is 6.97. The molecule has 1 unspecified atom stereocenters. The predicted octanol–water partition coefficient (Wildman–Crippen LogP) is 2.36. The number of rotatable bonds is 4. The number of halogens is 1. The number of likely N-dealkylation sites (N-methyl/N-ethyl adjacent to an activating group) is 1. The van der Waals surface area contributed by atoms with E-state index in [1.165, 1.54) is 0 Å². The second-order valence-electron chi connectivity index (χ2n) is 4.16. The van der Waals surface area contributed by atoms with Crippen LogP contribution in [0.15, 0.2) is 53.1 Å². The van der Waals surface area contributed by atoms with E-state index in [-0.39, 0.29) is 18.3 Å². The summed E-state index contributed by atoms with van der Waals surface area (Å²) in [5, 5.41) is 0. The molecule has 19 heavy (non-hydrogen) atoms. The molecule has 1 aromatic carbocycles. The minimum absolute atomic E-state index is 0. The SMILES string of the molecule is CN(Cc1ccco1)C(=O)C(N)c1ccccc1.Cl. The summed E-state index contributed by atoms with van der Waals surface area (Å²) in [6.07, 6.45) is 1.59. The zero-order valence-electron chi connectivity index (χ0n) is 10.7. The molecule has 0 aliphatic carbocycles. The standard InChI is InChI=1S/C14H16N2O2.ClH/c1-16(10-12-8-5-9-18-12)14(17)13(15)11-6-3-2-4-7-11;/h2-9,13H,10,15H2,1H3;1H. The van der Waals surface area contributed by atoms with E-state index in [1.54, 1.807) is 24.3 Å². The first-order valence-corrected chi connectivity index (χ1v) is 5.76. The molecule has 0 fully saturated rings. The van der Waals surface area contributed by atoms with Gasteiger partial charge in [0, 0.05) is 7.05 Å². The zero-order chi connectivity index (χ0) is 13.0. The van der Waals surface area contributed by atoms with Crippen LogP contribution in [0.3, 0.4) is 0 Å². The normalized spacial score (nSPS) is 11.5. The monoisotopic (exact) mass is 280 g/mol. The number of amides is 1. The van der Waals surface area contributed by atoms with Gasteiger partial charge in [-0.2, -0.15) is 0 Å². The molecule has 4 nitrogen and oxygen atoms in total. The molecule has 1 aromatic heterocycles. The number of hydrogen-bond donors (Lipinski definition) is 1. The summed E-state index contributed by atoms with van der Waals surface area (Å²) in [5.41, 5.74) is 6.76. The first kappa shape index (κ1) is 15.3. The molecule has 0 saturated heterocycles. The van der Waals surface area contributed by atoms with Crippen molar-refractivity contribution < 1.29 is 9.21 Å². The third-order valence-corrected chi connectivity index (χ3v) is 2.77. The minimum Gasteiger partial charge on any atom is -0.467 e. The van der Waals surface area contributed by atoms with E-state index in [0.717, 1.165) is 11.3 Å². The van der Waals surface area contributed by atoms with Crippen LogP contribution in [-0.4, -0.2) is 17.9 Å². The Labute approximate surface area is 118 Å². The molecular weight excluding hydrogens is 264 g/mol. The van der Waals surface area contributed by atoms with Crippen molar-refractivity contribution in [2.75, 3.05) is 7.05 Å². The van der Waals surface area contributed by atoms with Crippen molar-refractivity contribution in [2.24, 2.45) is 5.73 Å². The van der Waals surface area contributed by atoms with E-state index in [1.807, 2.05) is 36.4 Å². The number of carbonyl (C=O) groups is 1. The predicted molar refractivity (Wildman–Crippen MR) is 75.8 cm³/mol. The lowest BCUT2D eigenvalue weighted by atomic mass is 10.1. The van der Waals surface area contributed by atoms with Gasteiger partial charge in [-0.3, -0.25) is 4.79 Å². The summed E-state index contributed by atoms with van der Waals surface area (Å²) in [6.45, 7) is 0.423. The van der Waals surface area contributed by atoms with E-state index in [0.29, 0.717) is 6.54 Å². The smallest absolute Gasteiger partial charge is 0.244 e. The van der Waals surface area contributed by atoms with Crippen molar-refractivity contribution in [1.29, 1.82) is 0 Å². The van der Waals surface area contributed by atoms with Crippen molar-refractivity contribution in [3.63, 3.8) is 0 Å². The van der Waals surface area contributed by atoms with Gasteiger partial charge in [0.25, 0.3) is 0 Å². The Balaban J connectivity index is 0.00000180. The molecule has 0 radical (unpaired) electrons. The number of hydrogen-bond acceptors (Lipinski definition) is 3. The highest BCUT2D eigenvalue weighted by molar-refractivity contribution is 5.85. The lowest BCUT2D eigenvalue weighted by Gasteiger charge is -2.20. The molecule has 2 rings (SSSR count). The van der Waals surface area contributed by atoms with E-state index in [4.69, 9.17) is 10.2 Å². The molecule has 2 N–H and O–H groups in total. The third-order valence-electron chi connectivity index (χ3n) is 2.77. The molecule has 1 atom stereocenters. The van der Waals surface area contributed by atoms with E-state index >= 15 is 0 Å². The van der Waals surface area contributed by atoms with E-state index in [9.17, 15) is 4.79 Å². The fourth-order valence-corrected chi connectivity index (χ4v) is 1.75. The van der Waals surface area contributed by atoms with Gasteiger partial charge < -0.3 is 15.1 Å². The van der Waals surface area contributed by atoms with Gasteiger partial charge in [0.1, 0.15) is 11.8 Å². The second-order valence-corrected chi connectivity index (χ2v) is 4.16. The topological polar surface area (TPSA) is 59.5 Å². The number of carbonyl (C=O) groups excluding carboxylic acids is 1. The first-order valence-electron chi connectivity index (χ1n) is 5.76. The highest BCUT2D eigenvalue weighted by Gasteiger charge is 2.20. The quantitative estimate of drug-likeness (QED) is 0.935. The molecule has 5 heteroatoms. The summed E-state index contributed by atoms with van der Waals surface area (Å²) in [6, 6.07) is 12.3. The van der Waals surface area contributed by atoms with Crippen LogP contribution < -0.4 is 5.73 Å². The average Bonchev–Trinajstić information content (AvgIpc) is 2.91. The van der Waals surface area contributed by atoms with E-state index < -0.39 is 6.04 Å². The van der Waals surface area contributed by atoms with Crippen molar-refractivity contribution >= 4 is 18.3 Å². The summed E-state index contributed by atoms with van der Waals surface area (Å²) in [5.74, 6) is 0.615. The van der Waals surface area contributed by atoms with E-state index in [2.05, 4.69) is 0 Å². The van der Waals surface area contributed by atoms with Gasteiger partial charge in [-0.1, -0.05) is 30.3 Å². The van der Waals surface area contributed by atoms with Crippen LogP contribution in [-0.2, 0) is 11.3 Å². The van der Waals surface area contributed by atoms with Gasteiger partial charge in [-0.05, 0) is 17.7 Å². The van der Waals surface area contributed by atoms with Gasteiger partial charge in [0.15, 0.2) is 0 Å². The molecule has 0 saturated carbocycles. The van der Waals surface area contributed by atoms with Crippen LogP contribution in [0.5, 0.6) is 0 Å². The minimum atomic E-state index is -0.633. The molecular formula is C14H17ClN2O2. The Morgan fingerprint density at radius 3 is 2.53 bits per heavy atom. The van der Waals surface area contributed by atoms with Crippen molar-refractivity contribution in [1.82, 2.24) is 4.90 Å². The van der Waals surface area contributed by atoms with Crippen molar-refractivity contribution in [3.05, 3.63) is 60.1 Å². The number of benzene rings is 1.